The normalized spacial score (nSPS) is 26.4. The summed E-state index contributed by atoms with van der Waals surface area (Å²) in [7, 11) is 0. The summed E-state index contributed by atoms with van der Waals surface area (Å²) in [6, 6.07) is 10.0. The van der Waals surface area contributed by atoms with Crippen molar-refractivity contribution in [2.45, 2.75) is 50.0 Å². The Hall–Kier alpha value is -1.55. The van der Waals surface area contributed by atoms with Crippen molar-refractivity contribution in [1.29, 1.82) is 0 Å². The third-order valence-corrected chi connectivity index (χ3v) is 6.67. The van der Waals surface area contributed by atoms with E-state index >= 15 is 0 Å². The summed E-state index contributed by atoms with van der Waals surface area (Å²) in [5.41, 5.74) is 3.92. The fourth-order valence-electron chi connectivity index (χ4n) is 3.99. The fraction of sp³-hybridized carbons (Fsp3) is 0.474. The van der Waals surface area contributed by atoms with E-state index in [1.807, 2.05) is 42.8 Å². The lowest BCUT2D eigenvalue weighted by Crippen LogP contribution is -2.24. The quantitative estimate of drug-likeness (QED) is 0.787. The molecule has 2 unspecified atom stereocenters. The van der Waals surface area contributed by atoms with Gasteiger partial charge in [-0.3, -0.25) is 4.79 Å². The van der Waals surface area contributed by atoms with E-state index in [1.54, 1.807) is 0 Å². The van der Waals surface area contributed by atoms with Gasteiger partial charge in [0.25, 0.3) is 0 Å². The highest BCUT2D eigenvalue weighted by molar-refractivity contribution is 8.00. The van der Waals surface area contributed by atoms with E-state index in [1.165, 1.54) is 12.8 Å². The van der Waals surface area contributed by atoms with E-state index in [2.05, 4.69) is 22.9 Å². The Morgan fingerprint density at radius 2 is 1.91 bits per heavy atom. The van der Waals surface area contributed by atoms with Gasteiger partial charge in [-0.1, -0.05) is 12.1 Å². The molecule has 2 aliphatic rings. The van der Waals surface area contributed by atoms with Gasteiger partial charge in [-0.2, -0.15) is 16.9 Å². The average molecular weight is 326 g/mol. The zero-order chi connectivity index (χ0) is 16.0. The molecule has 2 fully saturated rings. The number of carbonyl (C=O) groups excluding carboxylic acids is 1. The topological polar surface area (TPSA) is 34.9 Å². The molecule has 0 aliphatic carbocycles. The molecule has 2 bridgehead atoms. The Labute approximate surface area is 141 Å². The maximum atomic E-state index is 13.0. The van der Waals surface area contributed by atoms with Crippen LogP contribution in [0.15, 0.2) is 30.3 Å². The molecular weight excluding hydrogens is 304 g/mol. The molecule has 0 amide bonds. The van der Waals surface area contributed by atoms with Gasteiger partial charge in [0, 0.05) is 27.7 Å². The summed E-state index contributed by atoms with van der Waals surface area (Å²) >= 11 is 2.11. The number of fused-ring (bicyclic) bond motifs is 2. The van der Waals surface area contributed by atoms with Gasteiger partial charge in [-0.25, -0.2) is 4.68 Å². The van der Waals surface area contributed by atoms with E-state index in [-0.39, 0.29) is 5.92 Å². The maximum absolute atomic E-state index is 13.0. The Morgan fingerprint density at radius 1 is 1.17 bits per heavy atom. The summed E-state index contributed by atoms with van der Waals surface area (Å²) in [6.07, 6.45) is 4.71. The Morgan fingerprint density at radius 3 is 2.57 bits per heavy atom. The maximum Gasteiger partial charge on any atom is 0.166 e. The Kier molecular flexibility index (Phi) is 3.80. The first-order valence-corrected chi connectivity index (χ1v) is 9.38. The number of carbonyl (C=O) groups is 1. The number of rotatable bonds is 3. The Bertz CT molecular complexity index is 740. The zero-order valence-electron chi connectivity index (χ0n) is 13.7. The summed E-state index contributed by atoms with van der Waals surface area (Å²) in [6.45, 7) is 4.04. The smallest absolute Gasteiger partial charge is 0.166 e. The number of nitrogens with zero attached hydrogens (tertiary/aromatic N) is 2. The van der Waals surface area contributed by atoms with Crippen LogP contribution in [0.5, 0.6) is 0 Å². The van der Waals surface area contributed by atoms with E-state index in [9.17, 15) is 4.79 Å². The van der Waals surface area contributed by atoms with Crippen molar-refractivity contribution in [1.82, 2.24) is 9.78 Å². The number of thioether (sulfide) groups is 1. The van der Waals surface area contributed by atoms with Gasteiger partial charge < -0.3 is 0 Å². The van der Waals surface area contributed by atoms with Crippen molar-refractivity contribution in [2.24, 2.45) is 5.92 Å². The predicted octanol–water partition coefficient (Wildman–Crippen LogP) is 4.35. The van der Waals surface area contributed by atoms with Crippen LogP contribution in [0.1, 0.15) is 47.4 Å². The third-order valence-electron chi connectivity index (χ3n) is 5.05. The zero-order valence-corrected chi connectivity index (χ0v) is 14.5. The molecular formula is C19H22N2OS. The highest BCUT2D eigenvalue weighted by atomic mass is 32.2. The third kappa shape index (κ3) is 2.85. The van der Waals surface area contributed by atoms with Crippen molar-refractivity contribution in [2.75, 3.05) is 0 Å². The van der Waals surface area contributed by atoms with Crippen LogP contribution in [0, 0.1) is 19.8 Å². The van der Waals surface area contributed by atoms with Gasteiger partial charge in [-0.05, 0) is 57.7 Å². The molecule has 2 aliphatic heterocycles. The van der Waals surface area contributed by atoms with Crippen molar-refractivity contribution in [3.63, 3.8) is 0 Å². The van der Waals surface area contributed by atoms with Gasteiger partial charge in [0.15, 0.2) is 5.78 Å². The van der Waals surface area contributed by atoms with Crippen LogP contribution in [0.2, 0.25) is 0 Å². The number of aryl methyl sites for hydroxylation is 2. The van der Waals surface area contributed by atoms with Crippen molar-refractivity contribution in [3.05, 3.63) is 47.3 Å². The number of hydrogen-bond acceptors (Lipinski definition) is 3. The van der Waals surface area contributed by atoms with E-state index < -0.39 is 0 Å². The average Bonchev–Trinajstić information content (AvgIpc) is 3.07. The van der Waals surface area contributed by atoms with Gasteiger partial charge in [0.1, 0.15) is 0 Å². The molecule has 0 saturated carbocycles. The lowest BCUT2D eigenvalue weighted by Gasteiger charge is -2.26. The summed E-state index contributed by atoms with van der Waals surface area (Å²) in [4.78, 5) is 13.0. The van der Waals surface area contributed by atoms with Crippen LogP contribution >= 0.6 is 11.8 Å². The van der Waals surface area contributed by atoms with E-state index in [0.717, 1.165) is 35.5 Å². The molecule has 0 spiro atoms. The number of aromatic nitrogens is 2. The van der Waals surface area contributed by atoms with Gasteiger partial charge in [-0.15, -0.1) is 0 Å². The predicted molar refractivity (Wildman–Crippen MR) is 94.5 cm³/mol. The highest BCUT2D eigenvalue weighted by Gasteiger charge is 2.37. The van der Waals surface area contributed by atoms with Crippen LogP contribution in [-0.2, 0) is 0 Å². The van der Waals surface area contributed by atoms with Gasteiger partial charge in [0.05, 0.1) is 11.4 Å². The van der Waals surface area contributed by atoms with E-state index in [0.29, 0.717) is 16.3 Å². The van der Waals surface area contributed by atoms with E-state index in [4.69, 9.17) is 0 Å². The van der Waals surface area contributed by atoms with Gasteiger partial charge in [0.2, 0.25) is 0 Å². The van der Waals surface area contributed by atoms with Gasteiger partial charge >= 0.3 is 0 Å². The first-order chi connectivity index (χ1) is 11.1. The SMILES string of the molecule is Cc1cc(C)n(-c2cccc(C(=O)C3CC4CCC(C3)S4)c2)n1. The molecule has 2 saturated heterocycles. The Balaban J connectivity index is 1.61. The first-order valence-electron chi connectivity index (χ1n) is 8.43. The minimum atomic E-state index is 0.212. The second kappa shape index (κ2) is 5.82. The second-order valence-corrected chi connectivity index (χ2v) is 8.48. The van der Waals surface area contributed by atoms with Crippen LogP contribution in [0.4, 0.5) is 0 Å². The molecule has 120 valence electrons. The van der Waals surface area contributed by atoms with Crippen molar-refractivity contribution >= 4 is 17.5 Å². The molecule has 2 atom stereocenters. The second-order valence-electron chi connectivity index (χ2n) is 6.88. The molecule has 0 N–H and O–H groups in total. The van der Waals surface area contributed by atoms with Crippen LogP contribution in [-0.4, -0.2) is 26.1 Å². The minimum absolute atomic E-state index is 0.212. The molecule has 1 aromatic carbocycles. The molecule has 4 rings (SSSR count). The number of Topliss-reactive ketones (excluding diaryl/α,β-unsaturated/α-hetero) is 1. The molecule has 3 nitrogen and oxygen atoms in total. The summed E-state index contributed by atoms with van der Waals surface area (Å²) < 4.78 is 1.92. The monoisotopic (exact) mass is 326 g/mol. The van der Waals surface area contributed by atoms with Crippen LogP contribution in [0.25, 0.3) is 5.69 Å². The number of ketones is 1. The first kappa shape index (κ1) is 15.0. The lowest BCUT2D eigenvalue weighted by atomic mass is 9.90. The standard InChI is InChI=1S/C19H22N2OS/c1-12-8-13(2)21(20-12)16-5-3-4-14(9-16)19(22)15-10-17-6-7-18(11-15)23-17/h3-5,8-9,15,17-18H,6-7,10-11H2,1-2H3. The molecule has 0 radical (unpaired) electrons. The molecule has 1 aromatic heterocycles. The molecule has 2 aromatic rings. The van der Waals surface area contributed by atoms with Crippen LogP contribution in [0.3, 0.4) is 0 Å². The fourth-order valence-corrected chi connectivity index (χ4v) is 5.76. The lowest BCUT2D eigenvalue weighted by molar-refractivity contribution is 0.0907. The molecule has 4 heteroatoms. The summed E-state index contributed by atoms with van der Waals surface area (Å²) in [5.74, 6) is 0.537. The van der Waals surface area contributed by atoms with Crippen LogP contribution < -0.4 is 0 Å². The largest absolute Gasteiger partial charge is 0.294 e. The highest BCUT2D eigenvalue weighted by Crippen LogP contribution is 2.46. The minimum Gasteiger partial charge on any atom is -0.294 e. The molecule has 3 heterocycles. The number of benzene rings is 1. The molecule has 23 heavy (non-hydrogen) atoms. The van der Waals surface area contributed by atoms with Crippen molar-refractivity contribution < 1.29 is 4.79 Å². The number of hydrogen-bond donors (Lipinski definition) is 0. The summed E-state index contributed by atoms with van der Waals surface area (Å²) in [5, 5.41) is 5.95. The van der Waals surface area contributed by atoms with Crippen molar-refractivity contribution in [3.8, 4) is 5.69 Å².